The lowest BCUT2D eigenvalue weighted by molar-refractivity contribution is -0.139. The van der Waals surface area contributed by atoms with Crippen LogP contribution in [0.25, 0.3) is 5.57 Å². The summed E-state index contributed by atoms with van der Waals surface area (Å²) in [6.07, 6.45) is 1.76. The average molecular weight is 190 g/mol. The SMILES string of the molecule is C/C(=C\[C@@H](C)C(=O)O)c1ccccc1. The molecule has 0 aliphatic heterocycles. The van der Waals surface area contributed by atoms with Gasteiger partial charge in [-0.3, -0.25) is 4.79 Å². The molecule has 1 atom stereocenters. The third-order valence-electron chi connectivity index (χ3n) is 2.12. The Bertz CT molecular complexity index is 339. The predicted molar refractivity (Wildman–Crippen MR) is 56.9 cm³/mol. The standard InChI is InChI=1S/C12H14O2/c1-9(8-10(2)12(13)14)11-6-4-3-5-7-11/h3-8,10H,1-2H3,(H,13,14)/b9-8+/t10-/m1/s1. The van der Waals surface area contributed by atoms with Crippen LogP contribution < -0.4 is 0 Å². The summed E-state index contributed by atoms with van der Waals surface area (Å²) in [4.78, 5) is 10.6. The Balaban J connectivity index is 2.85. The Hall–Kier alpha value is -1.57. The number of allylic oxidation sites excluding steroid dienone is 1. The summed E-state index contributed by atoms with van der Waals surface area (Å²) in [5.41, 5.74) is 2.07. The van der Waals surface area contributed by atoms with Gasteiger partial charge >= 0.3 is 5.97 Å². The Morgan fingerprint density at radius 2 is 1.93 bits per heavy atom. The van der Waals surface area contributed by atoms with Crippen LogP contribution in [0, 0.1) is 5.92 Å². The monoisotopic (exact) mass is 190 g/mol. The van der Waals surface area contributed by atoms with Crippen molar-refractivity contribution in [3.8, 4) is 0 Å². The number of rotatable bonds is 3. The summed E-state index contributed by atoms with van der Waals surface area (Å²) in [6.45, 7) is 3.60. The number of hydrogen-bond donors (Lipinski definition) is 1. The molecule has 0 radical (unpaired) electrons. The van der Waals surface area contributed by atoms with Crippen LogP contribution in [0.15, 0.2) is 36.4 Å². The Morgan fingerprint density at radius 1 is 1.36 bits per heavy atom. The fraction of sp³-hybridized carbons (Fsp3) is 0.250. The molecule has 0 amide bonds. The Kier molecular flexibility index (Phi) is 3.46. The van der Waals surface area contributed by atoms with E-state index >= 15 is 0 Å². The van der Waals surface area contributed by atoms with Gasteiger partial charge in [0.1, 0.15) is 0 Å². The fourth-order valence-corrected chi connectivity index (χ4v) is 1.24. The molecule has 0 saturated carbocycles. The van der Waals surface area contributed by atoms with Crippen LogP contribution in [0.2, 0.25) is 0 Å². The quantitative estimate of drug-likeness (QED) is 0.795. The number of benzene rings is 1. The topological polar surface area (TPSA) is 37.3 Å². The van der Waals surface area contributed by atoms with Gasteiger partial charge < -0.3 is 5.11 Å². The van der Waals surface area contributed by atoms with Gasteiger partial charge in [-0.15, -0.1) is 0 Å². The zero-order chi connectivity index (χ0) is 10.6. The van der Waals surface area contributed by atoms with E-state index in [1.807, 2.05) is 37.3 Å². The van der Waals surface area contributed by atoms with E-state index in [1.54, 1.807) is 13.0 Å². The summed E-state index contributed by atoms with van der Waals surface area (Å²) in [7, 11) is 0. The van der Waals surface area contributed by atoms with E-state index in [9.17, 15) is 4.79 Å². The van der Waals surface area contributed by atoms with E-state index in [2.05, 4.69) is 0 Å². The van der Waals surface area contributed by atoms with Gasteiger partial charge in [-0.2, -0.15) is 0 Å². The lowest BCUT2D eigenvalue weighted by atomic mass is 10.0. The molecule has 1 aromatic rings. The second-order valence-electron chi connectivity index (χ2n) is 3.34. The molecule has 1 aromatic carbocycles. The molecule has 0 unspecified atom stereocenters. The first-order valence-electron chi connectivity index (χ1n) is 4.58. The van der Waals surface area contributed by atoms with Gasteiger partial charge in [0.2, 0.25) is 0 Å². The van der Waals surface area contributed by atoms with Crippen molar-refractivity contribution in [3.63, 3.8) is 0 Å². The van der Waals surface area contributed by atoms with Gasteiger partial charge in [0, 0.05) is 0 Å². The minimum absolute atomic E-state index is 0.435. The van der Waals surface area contributed by atoms with Gasteiger partial charge in [-0.25, -0.2) is 0 Å². The van der Waals surface area contributed by atoms with E-state index in [0.717, 1.165) is 11.1 Å². The van der Waals surface area contributed by atoms with E-state index in [-0.39, 0.29) is 0 Å². The first-order valence-corrected chi connectivity index (χ1v) is 4.58. The molecule has 74 valence electrons. The first-order chi connectivity index (χ1) is 6.61. The normalized spacial score (nSPS) is 13.7. The lowest BCUT2D eigenvalue weighted by Gasteiger charge is -2.03. The average Bonchev–Trinajstić information content (AvgIpc) is 2.19. The Morgan fingerprint density at radius 3 is 2.43 bits per heavy atom. The molecule has 2 nitrogen and oxygen atoms in total. The van der Waals surface area contributed by atoms with E-state index in [0.29, 0.717) is 0 Å². The van der Waals surface area contributed by atoms with E-state index in [1.165, 1.54) is 0 Å². The highest BCUT2D eigenvalue weighted by Gasteiger charge is 2.07. The molecule has 0 spiro atoms. The van der Waals surface area contributed by atoms with Gasteiger partial charge in [0.25, 0.3) is 0 Å². The van der Waals surface area contributed by atoms with Crippen LogP contribution in [-0.4, -0.2) is 11.1 Å². The lowest BCUT2D eigenvalue weighted by Crippen LogP contribution is -2.06. The summed E-state index contributed by atoms with van der Waals surface area (Å²) in [5.74, 6) is -1.23. The minimum atomic E-state index is -0.791. The van der Waals surface area contributed by atoms with Crippen molar-refractivity contribution in [2.45, 2.75) is 13.8 Å². The summed E-state index contributed by atoms with van der Waals surface area (Å²) in [5, 5.41) is 8.73. The van der Waals surface area contributed by atoms with Crippen molar-refractivity contribution in [1.29, 1.82) is 0 Å². The number of carbonyl (C=O) groups is 1. The highest BCUT2D eigenvalue weighted by atomic mass is 16.4. The zero-order valence-corrected chi connectivity index (χ0v) is 8.40. The van der Waals surface area contributed by atoms with Crippen molar-refractivity contribution in [1.82, 2.24) is 0 Å². The van der Waals surface area contributed by atoms with Crippen LogP contribution in [-0.2, 0) is 4.79 Å². The number of hydrogen-bond acceptors (Lipinski definition) is 1. The summed E-state index contributed by atoms with van der Waals surface area (Å²) >= 11 is 0. The zero-order valence-electron chi connectivity index (χ0n) is 8.40. The highest BCUT2D eigenvalue weighted by molar-refractivity contribution is 5.75. The second kappa shape index (κ2) is 4.61. The summed E-state index contributed by atoms with van der Waals surface area (Å²) < 4.78 is 0. The minimum Gasteiger partial charge on any atom is -0.481 e. The fourth-order valence-electron chi connectivity index (χ4n) is 1.24. The van der Waals surface area contributed by atoms with Crippen LogP contribution >= 0.6 is 0 Å². The third kappa shape index (κ3) is 2.73. The molecule has 0 saturated heterocycles. The molecule has 0 aliphatic carbocycles. The molecule has 0 bridgehead atoms. The molecule has 1 rings (SSSR count). The van der Waals surface area contributed by atoms with Crippen LogP contribution in [0.1, 0.15) is 19.4 Å². The molecule has 0 aromatic heterocycles. The van der Waals surface area contributed by atoms with Gasteiger partial charge in [0.05, 0.1) is 5.92 Å². The molecule has 14 heavy (non-hydrogen) atoms. The van der Waals surface area contributed by atoms with E-state index < -0.39 is 11.9 Å². The van der Waals surface area contributed by atoms with Gasteiger partial charge in [0.15, 0.2) is 0 Å². The van der Waals surface area contributed by atoms with Crippen molar-refractivity contribution in [2.75, 3.05) is 0 Å². The molecule has 0 heterocycles. The number of aliphatic carboxylic acids is 1. The molecular weight excluding hydrogens is 176 g/mol. The number of carboxylic acids is 1. The highest BCUT2D eigenvalue weighted by Crippen LogP contribution is 2.15. The van der Waals surface area contributed by atoms with Crippen LogP contribution in [0.3, 0.4) is 0 Å². The van der Waals surface area contributed by atoms with E-state index in [4.69, 9.17) is 5.11 Å². The number of carboxylic acid groups (broad SMARTS) is 1. The molecule has 2 heteroatoms. The van der Waals surface area contributed by atoms with Crippen LogP contribution in [0.4, 0.5) is 0 Å². The van der Waals surface area contributed by atoms with Crippen LogP contribution in [0.5, 0.6) is 0 Å². The molecule has 0 fully saturated rings. The molecule has 0 aliphatic rings. The van der Waals surface area contributed by atoms with Gasteiger partial charge in [-0.1, -0.05) is 36.4 Å². The van der Waals surface area contributed by atoms with Gasteiger partial charge in [-0.05, 0) is 25.0 Å². The first kappa shape index (κ1) is 10.5. The van der Waals surface area contributed by atoms with Crippen molar-refractivity contribution >= 4 is 11.5 Å². The smallest absolute Gasteiger partial charge is 0.310 e. The maximum absolute atomic E-state index is 10.6. The van der Waals surface area contributed by atoms with Crippen molar-refractivity contribution in [2.24, 2.45) is 5.92 Å². The summed E-state index contributed by atoms with van der Waals surface area (Å²) in [6, 6.07) is 9.77. The van der Waals surface area contributed by atoms with Crippen molar-refractivity contribution in [3.05, 3.63) is 42.0 Å². The molecular formula is C12H14O2. The maximum atomic E-state index is 10.6. The largest absolute Gasteiger partial charge is 0.481 e. The molecule has 1 N–H and O–H groups in total. The maximum Gasteiger partial charge on any atom is 0.310 e. The van der Waals surface area contributed by atoms with Crippen molar-refractivity contribution < 1.29 is 9.90 Å². The Labute approximate surface area is 83.9 Å². The predicted octanol–water partition coefficient (Wildman–Crippen LogP) is 2.81. The third-order valence-corrected chi connectivity index (χ3v) is 2.12. The second-order valence-corrected chi connectivity index (χ2v) is 3.34.